The predicted molar refractivity (Wildman–Crippen MR) is 108 cm³/mol. The van der Waals surface area contributed by atoms with E-state index in [4.69, 9.17) is 4.74 Å². The highest BCUT2D eigenvalue weighted by atomic mass is 127. The minimum absolute atomic E-state index is 0. The van der Waals surface area contributed by atoms with Crippen LogP contribution < -0.4 is 16.0 Å². The Labute approximate surface area is 164 Å². The van der Waals surface area contributed by atoms with Crippen molar-refractivity contribution in [2.24, 2.45) is 4.99 Å². The van der Waals surface area contributed by atoms with Crippen molar-refractivity contribution in [1.82, 2.24) is 10.6 Å². The SMILES string of the molecule is CN=C(NCCNc1ccc([N+](=O)[O-])cc1)NC1CC2CCC1O2.I. The first-order chi connectivity index (χ1) is 11.7. The van der Waals surface area contributed by atoms with Crippen molar-refractivity contribution in [2.45, 2.75) is 37.5 Å². The zero-order valence-corrected chi connectivity index (χ0v) is 16.4. The van der Waals surface area contributed by atoms with Gasteiger partial charge in [-0.05, 0) is 31.4 Å². The Morgan fingerprint density at radius 1 is 1.32 bits per heavy atom. The Morgan fingerprint density at radius 3 is 2.64 bits per heavy atom. The number of nitrogens with one attached hydrogen (secondary N) is 3. The third-order valence-corrected chi connectivity index (χ3v) is 4.48. The highest BCUT2D eigenvalue weighted by Gasteiger charge is 2.41. The average Bonchev–Trinajstić information content (AvgIpc) is 3.21. The molecule has 2 aliphatic rings. The summed E-state index contributed by atoms with van der Waals surface area (Å²) in [7, 11) is 1.76. The molecule has 1 aromatic carbocycles. The maximum absolute atomic E-state index is 10.6. The number of fused-ring (bicyclic) bond motifs is 2. The van der Waals surface area contributed by atoms with Crippen LogP contribution in [-0.4, -0.2) is 49.3 Å². The van der Waals surface area contributed by atoms with Crippen LogP contribution in [0.15, 0.2) is 29.3 Å². The van der Waals surface area contributed by atoms with Gasteiger partial charge in [-0.25, -0.2) is 0 Å². The second-order valence-corrected chi connectivity index (χ2v) is 6.09. The summed E-state index contributed by atoms with van der Waals surface area (Å²) in [4.78, 5) is 14.5. The van der Waals surface area contributed by atoms with E-state index in [-0.39, 0.29) is 29.7 Å². The minimum Gasteiger partial charge on any atom is -0.383 e. The molecule has 3 unspecified atom stereocenters. The number of anilines is 1. The van der Waals surface area contributed by atoms with Gasteiger partial charge in [0.1, 0.15) is 0 Å². The number of benzene rings is 1. The van der Waals surface area contributed by atoms with Gasteiger partial charge < -0.3 is 20.7 Å². The van der Waals surface area contributed by atoms with Crippen LogP contribution in [-0.2, 0) is 4.74 Å². The lowest BCUT2D eigenvalue weighted by Gasteiger charge is -2.22. The maximum atomic E-state index is 10.6. The van der Waals surface area contributed by atoms with E-state index in [9.17, 15) is 10.1 Å². The molecule has 138 valence electrons. The fraction of sp³-hybridized carbons (Fsp3) is 0.562. The Morgan fingerprint density at radius 2 is 2.08 bits per heavy atom. The van der Waals surface area contributed by atoms with Gasteiger partial charge in [0.25, 0.3) is 5.69 Å². The number of hydrogen-bond acceptors (Lipinski definition) is 5. The first kappa shape index (κ1) is 19.7. The van der Waals surface area contributed by atoms with Crippen LogP contribution in [0, 0.1) is 10.1 Å². The molecule has 2 heterocycles. The molecular weight excluding hydrogens is 437 g/mol. The van der Waals surface area contributed by atoms with Gasteiger partial charge in [-0.3, -0.25) is 15.1 Å². The van der Waals surface area contributed by atoms with E-state index in [1.54, 1.807) is 19.2 Å². The highest BCUT2D eigenvalue weighted by molar-refractivity contribution is 14.0. The molecule has 8 nitrogen and oxygen atoms in total. The molecule has 2 fully saturated rings. The molecule has 2 aliphatic heterocycles. The molecule has 2 saturated heterocycles. The molecule has 0 aliphatic carbocycles. The Bertz CT molecular complexity index is 610. The van der Waals surface area contributed by atoms with E-state index in [2.05, 4.69) is 20.9 Å². The molecule has 25 heavy (non-hydrogen) atoms. The number of rotatable bonds is 6. The second kappa shape index (κ2) is 9.18. The van der Waals surface area contributed by atoms with Gasteiger partial charge in [-0.15, -0.1) is 24.0 Å². The van der Waals surface area contributed by atoms with Crippen molar-refractivity contribution in [3.63, 3.8) is 0 Å². The third-order valence-electron chi connectivity index (χ3n) is 4.48. The van der Waals surface area contributed by atoms with Crippen molar-refractivity contribution in [2.75, 3.05) is 25.5 Å². The van der Waals surface area contributed by atoms with Gasteiger partial charge in [0.05, 0.1) is 23.2 Å². The lowest BCUT2D eigenvalue weighted by Crippen LogP contribution is -2.48. The van der Waals surface area contributed by atoms with E-state index in [0.717, 1.165) is 24.5 Å². The summed E-state index contributed by atoms with van der Waals surface area (Å²) in [5.41, 5.74) is 0.947. The summed E-state index contributed by atoms with van der Waals surface area (Å²) < 4.78 is 5.83. The zero-order valence-electron chi connectivity index (χ0n) is 14.1. The van der Waals surface area contributed by atoms with Gasteiger partial charge in [-0.1, -0.05) is 0 Å². The van der Waals surface area contributed by atoms with Crippen molar-refractivity contribution >= 4 is 41.3 Å². The van der Waals surface area contributed by atoms with Crippen molar-refractivity contribution in [1.29, 1.82) is 0 Å². The predicted octanol–water partition coefficient (Wildman–Crippen LogP) is 2.11. The first-order valence-electron chi connectivity index (χ1n) is 8.26. The molecule has 2 bridgehead atoms. The normalized spacial score (nSPS) is 24.5. The van der Waals surface area contributed by atoms with E-state index in [0.29, 0.717) is 31.3 Å². The number of nitrogens with zero attached hydrogens (tertiary/aromatic N) is 2. The Hall–Kier alpha value is -1.62. The molecule has 0 aromatic heterocycles. The van der Waals surface area contributed by atoms with Gasteiger partial charge in [0.2, 0.25) is 0 Å². The third kappa shape index (κ3) is 5.18. The molecule has 0 saturated carbocycles. The number of halogens is 1. The number of guanidine groups is 1. The number of aliphatic imine (C=N–C) groups is 1. The molecule has 3 atom stereocenters. The molecular formula is C16H24IN5O3. The molecule has 3 N–H and O–H groups in total. The van der Waals surface area contributed by atoms with Gasteiger partial charge >= 0.3 is 0 Å². The lowest BCUT2D eigenvalue weighted by molar-refractivity contribution is -0.384. The molecule has 0 radical (unpaired) electrons. The summed E-state index contributed by atoms with van der Waals surface area (Å²) in [6, 6.07) is 6.74. The van der Waals surface area contributed by atoms with Crippen molar-refractivity contribution in [3.05, 3.63) is 34.4 Å². The van der Waals surface area contributed by atoms with Gasteiger partial charge in [0, 0.05) is 38.0 Å². The highest BCUT2D eigenvalue weighted by Crippen LogP contribution is 2.34. The van der Waals surface area contributed by atoms with E-state index < -0.39 is 4.92 Å². The van der Waals surface area contributed by atoms with Crippen LogP contribution in [0.4, 0.5) is 11.4 Å². The summed E-state index contributed by atoms with van der Waals surface area (Å²) in [5.74, 6) is 0.779. The fourth-order valence-corrected chi connectivity index (χ4v) is 3.25. The van der Waals surface area contributed by atoms with Crippen molar-refractivity contribution < 1.29 is 9.66 Å². The van der Waals surface area contributed by atoms with Gasteiger partial charge in [0.15, 0.2) is 5.96 Å². The molecule has 1 aromatic rings. The van der Waals surface area contributed by atoms with Crippen LogP contribution in [0.3, 0.4) is 0 Å². The molecule has 9 heteroatoms. The Kier molecular flexibility index (Phi) is 7.24. The summed E-state index contributed by atoms with van der Waals surface area (Å²) in [5, 5.41) is 20.5. The summed E-state index contributed by atoms with van der Waals surface area (Å²) in [6.07, 6.45) is 4.07. The number of ether oxygens (including phenoxy) is 1. The Balaban J connectivity index is 0.00000225. The average molecular weight is 461 g/mol. The van der Waals surface area contributed by atoms with Crippen LogP contribution in [0.25, 0.3) is 0 Å². The lowest BCUT2D eigenvalue weighted by atomic mass is 9.96. The quantitative estimate of drug-likeness (QED) is 0.150. The smallest absolute Gasteiger partial charge is 0.269 e. The van der Waals surface area contributed by atoms with Crippen LogP contribution in [0.2, 0.25) is 0 Å². The monoisotopic (exact) mass is 461 g/mol. The van der Waals surface area contributed by atoms with Crippen LogP contribution in [0.1, 0.15) is 19.3 Å². The number of hydrogen-bond donors (Lipinski definition) is 3. The van der Waals surface area contributed by atoms with Crippen LogP contribution in [0.5, 0.6) is 0 Å². The van der Waals surface area contributed by atoms with Crippen molar-refractivity contribution in [3.8, 4) is 0 Å². The summed E-state index contributed by atoms with van der Waals surface area (Å²) >= 11 is 0. The number of nitro benzene ring substituents is 1. The first-order valence-corrected chi connectivity index (χ1v) is 8.26. The minimum atomic E-state index is -0.402. The van der Waals surface area contributed by atoms with Gasteiger partial charge in [-0.2, -0.15) is 0 Å². The molecule has 0 amide bonds. The fourth-order valence-electron chi connectivity index (χ4n) is 3.25. The number of nitro groups is 1. The second-order valence-electron chi connectivity index (χ2n) is 6.09. The van der Waals surface area contributed by atoms with E-state index >= 15 is 0 Å². The molecule has 0 spiro atoms. The number of non-ortho nitro benzene ring substituents is 1. The standard InChI is InChI=1S/C16H23N5O3.HI/c1-17-16(20-14-10-13-6-7-15(14)24-13)19-9-8-18-11-2-4-12(5-3-11)21(22)23;/h2-5,13-15,18H,6-10H2,1H3,(H2,17,19,20);1H. The van der Waals surface area contributed by atoms with Crippen LogP contribution >= 0.6 is 24.0 Å². The topological polar surface area (TPSA) is 101 Å². The molecule has 3 rings (SSSR count). The van der Waals surface area contributed by atoms with E-state index in [1.165, 1.54) is 18.6 Å². The zero-order chi connectivity index (χ0) is 16.9. The maximum Gasteiger partial charge on any atom is 0.269 e. The summed E-state index contributed by atoms with van der Waals surface area (Å²) in [6.45, 7) is 1.38. The van der Waals surface area contributed by atoms with E-state index in [1.807, 2.05) is 0 Å². The largest absolute Gasteiger partial charge is 0.383 e.